The van der Waals surface area contributed by atoms with Crippen molar-refractivity contribution in [2.75, 3.05) is 20.1 Å². The first-order valence-corrected chi connectivity index (χ1v) is 9.47. The summed E-state index contributed by atoms with van der Waals surface area (Å²) in [6.07, 6.45) is 1.77. The van der Waals surface area contributed by atoms with E-state index in [0.717, 1.165) is 12.8 Å². The highest BCUT2D eigenvalue weighted by Crippen LogP contribution is 2.21. The Kier molecular flexibility index (Phi) is 4.87. The molecule has 8 nitrogen and oxygen atoms in total. The number of hydrogen-bond donors (Lipinski definition) is 0. The van der Waals surface area contributed by atoms with E-state index in [2.05, 4.69) is 10.1 Å². The highest BCUT2D eigenvalue weighted by atomic mass is 32.2. The second kappa shape index (κ2) is 6.93. The summed E-state index contributed by atoms with van der Waals surface area (Å²) in [6.45, 7) is 2.99. The van der Waals surface area contributed by atoms with Gasteiger partial charge in [0, 0.05) is 32.6 Å². The molecule has 0 aliphatic carbocycles. The van der Waals surface area contributed by atoms with Crippen LogP contribution in [0.5, 0.6) is 0 Å². The lowest BCUT2D eigenvalue weighted by molar-refractivity contribution is 0.0780. The average molecular weight is 364 g/mol. The van der Waals surface area contributed by atoms with Crippen molar-refractivity contribution in [3.05, 3.63) is 41.5 Å². The van der Waals surface area contributed by atoms with Crippen molar-refractivity contribution in [2.24, 2.45) is 0 Å². The minimum atomic E-state index is -3.47. The molecule has 1 aromatic heterocycles. The van der Waals surface area contributed by atoms with Gasteiger partial charge in [-0.05, 0) is 37.1 Å². The Morgan fingerprint density at radius 3 is 2.44 bits per heavy atom. The predicted octanol–water partition coefficient (Wildman–Crippen LogP) is 1.43. The molecule has 0 saturated carbocycles. The van der Waals surface area contributed by atoms with E-state index in [9.17, 15) is 13.2 Å². The van der Waals surface area contributed by atoms with Gasteiger partial charge in [-0.1, -0.05) is 5.16 Å². The van der Waals surface area contributed by atoms with Gasteiger partial charge in [-0.3, -0.25) is 4.79 Å². The van der Waals surface area contributed by atoms with Crippen LogP contribution >= 0.6 is 0 Å². The molecule has 0 radical (unpaired) electrons. The Hall–Kier alpha value is -2.26. The van der Waals surface area contributed by atoms with E-state index in [1.807, 2.05) is 0 Å². The lowest BCUT2D eigenvalue weighted by Crippen LogP contribution is -2.28. The summed E-state index contributed by atoms with van der Waals surface area (Å²) in [4.78, 5) is 18.2. The van der Waals surface area contributed by atoms with Gasteiger partial charge in [0.15, 0.2) is 5.82 Å². The Bertz CT molecular complexity index is 855. The van der Waals surface area contributed by atoms with Crippen molar-refractivity contribution < 1.29 is 17.7 Å². The first-order valence-electron chi connectivity index (χ1n) is 8.03. The van der Waals surface area contributed by atoms with Gasteiger partial charge in [-0.2, -0.15) is 9.29 Å². The quantitative estimate of drug-likeness (QED) is 0.796. The maximum absolute atomic E-state index is 12.5. The molecule has 2 heterocycles. The van der Waals surface area contributed by atoms with Crippen LogP contribution in [0, 0.1) is 6.92 Å². The zero-order valence-electron chi connectivity index (χ0n) is 14.2. The van der Waals surface area contributed by atoms with Crippen LogP contribution in [0.25, 0.3) is 0 Å². The van der Waals surface area contributed by atoms with E-state index in [4.69, 9.17) is 4.52 Å². The van der Waals surface area contributed by atoms with Crippen molar-refractivity contribution in [3.8, 4) is 0 Å². The Labute approximate surface area is 146 Å². The lowest BCUT2D eigenvalue weighted by Gasteiger charge is -2.17. The highest BCUT2D eigenvalue weighted by molar-refractivity contribution is 7.89. The smallest absolute Gasteiger partial charge is 0.254 e. The van der Waals surface area contributed by atoms with Crippen LogP contribution < -0.4 is 0 Å². The number of nitrogens with zero attached hydrogens (tertiary/aromatic N) is 4. The van der Waals surface area contributed by atoms with E-state index in [1.165, 1.54) is 33.5 Å². The molecule has 1 aliphatic heterocycles. The van der Waals surface area contributed by atoms with Crippen LogP contribution in [-0.4, -0.2) is 53.8 Å². The molecule has 2 aromatic rings. The van der Waals surface area contributed by atoms with Gasteiger partial charge in [0.25, 0.3) is 5.91 Å². The van der Waals surface area contributed by atoms with Crippen LogP contribution in [-0.2, 0) is 16.6 Å². The Balaban J connectivity index is 1.72. The van der Waals surface area contributed by atoms with Crippen LogP contribution in [0.1, 0.15) is 34.9 Å². The first kappa shape index (κ1) is 17.6. The number of amides is 1. The normalized spacial score (nSPS) is 15.4. The first-order chi connectivity index (χ1) is 11.9. The van der Waals surface area contributed by atoms with E-state index < -0.39 is 10.0 Å². The number of sulfonamides is 1. The third-order valence-electron chi connectivity index (χ3n) is 4.10. The van der Waals surface area contributed by atoms with Crippen molar-refractivity contribution in [3.63, 3.8) is 0 Å². The molecule has 3 rings (SSSR count). The van der Waals surface area contributed by atoms with Crippen molar-refractivity contribution in [1.29, 1.82) is 0 Å². The predicted molar refractivity (Wildman–Crippen MR) is 89.3 cm³/mol. The largest absolute Gasteiger partial charge is 0.340 e. The second-order valence-corrected chi connectivity index (χ2v) is 7.96. The SMILES string of the molecule is Cc1nc(CN(C)C(=O)c2ccc(S(=O)(=O)N3CCCC3)cc2)no1. The summed E-state index contributed by atoms with van der Waals surface area (Å²) in [6, 6.07) is 6.02. The standard InChI is InChI=1S/C16H20N4O4S/c1-12-17-15(18-24-12)11-19(2)16(21)13-5-7-14(8-6-13)25(22,23)20-9-3-4-10-20/h5-8H,3-4,9-11H2,1-2H3. The second-order valence-electron chi connectivity index (χ2n) is 6.03. The molecule has 1 amide bonds. The lowest BCUT2D eigenvalue weighted by atomic mass is 10.2. The molecule has 0 atom stereocenters. The highest BCUT2D eigenvalue weighted by Gasteiger charge is 2.27. The van der Waals surface area contributed by atoms with Crippen molar-refractivity contribution >= 4 is 15.9 Å². The Morgan fingerprint density at radius 2 is 1.88 bits per heavy atom. The molecular formula is C16H20N4O4S. The monoisotopic (exact) mass is 364 g/mol. The third kappa shape index (κ3) is 3.72. The molecule has 25 heavy (non-hydrogen) atoms. The summed E-state index contributed by atoms with van der Waals surface area (Å²) in [5.41, 5.74) is 0.406. The zero-order chi connectivity index (χ0) is 18.0. The maximum Gasteiger partial charge on any atom is 0.254 e. The third-order valence-corrected chi connectivity index (χ3v) is 6.01. The van der Waals surface area contributed by atoms with Gasteiger partial charge >= 0.3 is 0 Å². The molecular weight excluding hydrogens is 344 g/mol. The fraction of sp³-hybridized carbons (Fsp3) is 0.438. The molecule has 9 heteroatoms. The molecule has 1 aliphatic rings. The van der Waals surface area contributed by atoms with Gasteiger partial charge in [0.1, 0.15) is 0 Å². The molecule has 1 saturated heterocycles. The molecule has 1 fully saturated rings. The molecule has 0 N–H and O–H groups in total. The number of rotatable bonds is 5. The molecule has 0 spiro atoms. The van der Waals surface area contributed by atoms with E-state index in [0.29, 0.717) is 30.4 Å². The minimum absolute atomic E-state index is 0.211. The summed E-state index contributed by atoms with van der Waals surface area (Å²) >= 11 is 0. The van der Waals surface area contributed by atoms with E-state index in [-0.39, 0.29) is 17.3 Å². The van der Waals surface area contributed by atoms with Crippen LogP contribution in [0.4, 0.5) is 0 Å². The fourth-order valence-electron chi connectivity index (χ4n) is 2.76. The number of aromatic nitrogens is 2. The van der Waals surface area contributed by atoms with Gasteiger partial charge < -0.3 is 9.42 Å². The zero-order valence-corrected chi connectivity index (χ0v) is 15.0. The molecule has 0 bridgehead atoms. The van der Waals surface area contributed by atoms with E-state index in [1.54, 1.807) is 14.0 Å². The number of hydrogen-bond acceptors (Lipinski definition) is 6. The van der Waals surface area contributed by atoms with Gasteiger partial charge in [0.2, 0.25) is 15.9 Å². The average Bonchev–Trinajstić information content (AvgIpc) is 3.26. The summed E-state index contributed by atoms with van der Waals surface area (Å²) < 4.78 is 31.4. The molecule has 0 unspecified atom stereocenters. The van der Waals surface area contributed by atoms with Crippen molar-refractivity contribution in [1.82, 2.24) is 19.3 Å². The number of carbonyl (C=O) groups excluding carboxylic acids is 1. The van der Waals surface area contributed by atoms with Crippen molar-refractivity contribution in [2.45, 2.75) is 31.2 Å². The van der Waals surface area contributed by atoms with Crippen LogP contribution in [0.2, 0.25) is 0 Å². The molecule has 134 valence electrons. The van der Waals surface area contributed by atoms with E-state index >= 15 is 0 Å². The number of benzene rings is 1. The topological polar surface area (TPSA) is 96.6 Å². The summed E-state index contributed by atoms with van der Waals surface area (Å²) in [5, 5.41) is 3.76. The van der Waals surface area contributed by atoms with Crippen LogP contribution in [0.15, 0.2) is 33.7 Å². The minimum Gasteiger partial charge on any atom is -0.340 e. The Morgan fingerprint density at radius 1 is 1.24 bits per heavy atom. The van der Waals surface area contributed by atoms with Gasteiger partial charge in [-0.15, -0.1) is 0 Å². The maximum atomic E-state index is 12.5. The number of aryl methyl sites for hydroxylation is 1. The van der Waals surface area contributed by atoms with Gasteiger partial charge in [-0.25, -0.2) is 8.42 Å². The number of carbonyl (C=O) groups is 1. The summed E-state index contributed by atoms with van der Waals surface area (Å²) in [7, 11) is -1.84. The fourth-order valence-corrected chi connectivity index (χ4v) is 4.27. The van der Waals surface area contributed by atoms with Crippen LogP contribution in [0.3, 0.4) is 0 Å². The molecule has 1 aromatic carbocycles. The van der Waals surface area contributed by atoms with Gasteiger partial charge in [0.05, 0.1) is 11.4 Å². The summed E-state index contributed by atoms with van der Waals surface area (Å²) in [5.74, 6) is 0.612.